The molecule has 6 heteroatoms. The smallest absolute Gasteiger partial charge is 0.244 e. The van der Waals surface area contributed by atoms with Gasteiger partial charge in [0.15, 0.2) is 5.11 Å². The SMILES string of the molecule is COCCNC(=S)NNC(=O)C12CC3CC(CC(C3)C1)C2. The fraction of sp³-hybridized carbons (Fsp3) is 0.867. The number of hydrogen-bond donors (Lipinski definition) is 3. The van der Waals surface area contributed by atoms with Crippen LogP contribution in [-0.4, -0.2) is 31.3 Å². The molecule has 0 aromatic carbocycles. The topological polar surface area (TPSA) is 62.4 Å². The van der Waals surface area contributed by atoms with Gasteiger partial charge in [0.25, 0.3) is 0 Å². The Bertz CT molecular complexity index is 392. The fourth-order valence-electron chi connectivity index (χ4n) is 4.95. The van der Waals surface area contributed by atoms with E-state index in [9.17, 15) is 4.79 Å². The Balaban J connectivity index is 1.50. The molecular formula is C15H25N3O2S. The van der Waals surface area contributed by atoms with Crippen molar-refractivity contribution in [3.8, 4) is 0 Å². The van der Waals surface area contributed by atoms with E-state index in [4.69, 9.17) is 17.0 Å². The summed E-state index contributed by atoms with van der Waals surface area (Å²) in [6, 6.07) is 0. The first-order valence-corrected chi connectivity index (χ1v) is 8.35. The van der Waals surface area contributed by atoms with Crippen molar-refractivity contribution in [1.82, 2.24) is 16.2 Å². The van der Waals surface area contributed by atoms with E-state index in [0.29, 0.717) is 18.3 Å². The molecule has 4 saturated carbocycles. The molecule has 4 aliphatic rings. The Morgan fingerprint density at radius 3 is 2.24 bits per heavy atom. The molecule has 0 atom stereocenters. The summed E-state index contributed by atoms with van der Waals surface area (Å²) in [5, 5.41) is 3.44. The lowest BCUT2D eigenvalue weighted by Crippen LogP contribution is -2.57. The predicted molar refractivity (Wildman–Crippen MR) is 84.4 cm³/mol. The summed E-state index contributed by atoms with van der Waals surface area (Å²) >= 11 is 5.14. The molecule has 0 unspecified atom stereocenters. The van der Waals surface area contributed by atoms with Crippen LogP contribution >= 0.6 is 12.2 Å². The number of carbonyl (C=O) groups excluding carboxylic acids is 1. The molecule has 1 amide bonds. The molecule has 0 aliphatic heterocycles. The molecular weight excluding hydrogens is 286 g/mol. The molecule has 4 fully saturated rings. The molecule has 0 spiro atoms. The van der Waals surface area contributed by atoms with Crippen LogP contribution in [0, 0.1) is 23.2 Å². The summed E-state index contributed by atoms with van der Waals surface area (Å²) in [5.74, 6) is 2.45. The second-order valence-corrected chi connectivity index (χ2v) is 7.43. The van der Waals surface area contributed by atoms with Crippen LogP contribution in [-0.2, 0) is 9.53 Å². The second-order valence-electron chi connectivity index (χ2n) is 7.03. The van der Waals surface area contributed by atoms with Gasteiger partial charge in [-0.1, -0.05) is 0 Å². The van der Waals surface area contributed by atoms with Gasteiger partial charge >= 0.3 is 0 Å². The zero-order chi connectivity index (χ0) is 14.9. The first-order chi connectivity index (χ1) is 10.1. The minimum absolute atomic E-state index is 0.135. The van der Waals surface area contributed by atoms with Gasteiger partial charge in [-0.15, -0.1) is 0 Å². The lowest BCUT2D eigenvalue weighted by atomic mass is 9.49. The van der Waals surface area contributed by atoms with E-state index in [2.05, 4.69) is 16.2 Å². The molecule has 4 aliphatic carbocycles. The average molecular weight is 311 g/mol. The summed E-state index contributed by atoms with van der Waals surface area (Å²) in [5.41, 5.74) is 5.53. The largest absolute Gasteiger partial charge is 0.383 e. The molecule has 118 valence electrons. The van der Waals surface area contributed by atoms with Gasteiger partial charge in [-0.25, -0.2) is 0 Å². The number of hydrogen-bond acceptors (Lipinski definition) is 3. The standard InChI is InChI=1S/C15H25N3O2S/c1-20-3-2-16-14(21)18-17-13(19)15-7-10-4-11(8-15)6-12(5-10)9-15/h10-12H,2-9H2,1H3,(H,17,19)(H2,16,18,21). The fourth-order valence-corrected chi connectivity index (χ4v) is 5.10. The first-order valence-electron chi connectivity index (χ1n) is 7.94. The third kappa shape index (κ3) is 3.16. The molecule has 0 aromatic rings. The van der Waals surface area contributed by atoms with Gasteiger partial charge in [0, 0.05) is 13.7 Å². The van der Waals surface area contributed by atoms with Crippen LogP contribution in [0.25, 0.3) is 0 Å². The minimum Gasteiger partial charge on any atom is -0.383 e. The van der Waals surface area contributed by atoms with E-state index < -0.39 is 0 Å². The highest BCUT2D eigenvalue weighted by Crippen LogP contribution is 2.59. The maximum Gasteiger partial charge on any atom is 0.244 e. The Morgan fingerprint density at radius 2 is 1.71 bits per heavy atom. The molecule has 3 N–H and O–H groups in total. The van der Waals surface area contributed by atoms with Crippen molar-refractivity contribution in [2.45, 2.75) is 38.5 Å². The van der Waals surface area contributed by atoms with E-state index >= 15 is 0 Å². The number of thiocarbonyl (C=S) groups is 1. The maximum atomic E-state index is 12.6. The number of carbonyl (C=O) groups is 1. The average Bonchev–Trinajstić information content (AvgIpc) is 2.43. The molecule has 0 heterocycles. The zero-order valence-electron chi connectivity index (χ0n) is 12.6. The monoisotopic (exact) mass is 311 g/mol. The van der Waals surface area contributed by atoms with E-state index in [-0.39, 0.29) is 11.3 Å². The second kappa shape index (κ2) is 6.08. The zero-order valence-corrected chi connectivity index (χ0v) is 13.4. The van der Waals surface area contributed by atoms with Crippen LogP contribution in [0.4, 0.5) is 0 Å². The van der Waals surface area contributed by atoms with Gasteiger partial charge in [-0.05, 0) is 68.5 Å². The molecule has 0 aromatic heterocycles. The highest BCUT2D eigenvalue weighted by molar-refractivity contribution is 7.80. The number of methoxy groups -OCH3 is 1. The molecule has 21 heavy (non-hydrogen) atoms. The summed E-state index contributed by atoms with van der Waals surface area (Å²) in [6.45, 7) is 1.22. The number of nitrogens with one attached hydrogen (secondary N) is 3. The van der Waals surface area contributed by atoms with Crippen molar-refractivity contribution in [1.29, 1.82) is 0 Å². The molecule has 4 rings (SSSR count). The number of amides is 1. The quantitative estimate of drug-likeness (QED) is 0.415. The third-order valence-electron chi connectivity index (χ3n) is 5.40. The highest BCUT2D eigenvalue weighted by Gasteiger charge is 2.54. The van der Waals surface area contributed by atoms with Gasteiger partial charge in [0.1, 0.15) is 0 Å². The van der Waals surface area contributed by atoms with Gasteiger partial charge in [-0.2, -0.15) is 0 Å². The van der Waals surface area contributed by atoms with Crippen molar-refractivity contribution in [2.75, 3.05) is 20.3 Å². The van der Waals surface area contributed by atoms with Crippen LogP contribution in [0.1, 0.15) is 38.5 Å². The Hall–Kier alpha value is -0.880. The summed E-state index contributed by atoms with van der Waals surface area (Å²) in [7, 11) is 1.65. The van der Waals surface area contributed by atoms with Crippen molar-refractivity contribution in [3.63, 3.8) is 0 Å². The summed E-state index contributed by atoms with van der Waals surface area (Å²) in [4.78, 5) is 12.6. The van der Waals surface area contributed by atoms with Crippen LogP contribution in [0.15, 0.2) is 0 Å². The van der Waals surface area contributed by atoms with Crippen LogP contribution in [0.2, 0.25) is 0 Å². The van der Waals surface area contributed by atoms with E-state index in [0.717, 1.165) is 37.0 Å². The Labute approximate surface area is 131 Å². The van der Waals surface area contributed by atoms with Crippen molar-refractivity contribution in [3.05, 3.63) is 0 Å². The van der Waals surface area contributed by atoms with Gasteiger partial charge in [-0.3, -0.25) is 15.6 Å². The molecule has 4 bridgehead atoms. The summed E-state index contributed by atoms with van der Waals surface area (Å²) < 4.78 is 4.95. The van der Waals surface area contributed by atoms with E-state index in [1.54, 1.807) is 7.11 Å². The van der Waals surface area contributed by atoms with Gasteiger partial charge in [0.05, 0.1) is 12.0 Å². The van der Waals surface area contributed by atoms with Crippen molar-refractivity contribution in [2.24, 2.45) is 23.2 Å². The molecule has 0 radical (unpaired) electrons. The Morgan fingerprint density at radius 1 is 1.14 bits per heavy atom. The number of rotatable bonds is 4. The lowest BCUT2D eigenvalue weighted by molar-refractivity contribution is -0.146. The van der Waals surface area contributed by atoms with Crippen LogP contribution in [0.3, 0.4) is 0 Å². The molecule has 0 saturated heterocycles. The predicted octanol–water partition coefficient (Wildman–Crippen LogP) is 1.34. The third-order valence-corrected chi connectivity index (χ3v) is 5.65. The lowest BCUT2D eigenvalue weighted by Gasteiger charge is -2.55. The van der Waals surface area contributed by atoms with E-state index in [1.807, 2.05) is 0 Å². The van der Waals surface area contributed by atoms with Gasteiger partial charge in [0.2, 0.25) is 5.91 Å². The molecule has 5 nitrogen and oxygen atoms in total. The normalized spacial score (nSPS) is 36.3. The number of hydrazine groups is 1. The number of ether oxygens (including phenoxy) is 1. The van der Waals surface area contributed by atoms with E-state index in [1.165, 1.54) is 19.3 Å². The van der Waals surface area contributed by atoms with Crippen molar-refractivity contribution >= 4 is 23.2 Å². The van der Waals surface area contributed by atoms with Crippen molar-refractivity contribution < 1.29 is 9.53 Å². The minimum atomic E-state index is -0.135. The first kappa shape index (κ1) is 15.0. The summed E-state index contributed by atoms with van der Waals surface area (Å²) in [6.07, 6.45) is 7.23. The van der Waals surface area contributed by atoms with Gasteiger partial charge < -0.3 is 10.1 Å². The highest BCUT2D eigenvalue weighted by atomic mass is 32.1. The van der Waals surface area contributed by atoms with Crippen LogP contribution < -0.4 is 16.2 Å². The Kier molecular flexibility index (Phi) is 4.36. The van der Waals surface area contributed by atoms with Crippen LogP contribution in [0.5, 0.6) is 0 Å². The maximum absolute atomic E-state index is 12.6.